The molecule has 2 heterocycles. The Bertz CT molecular complexity index is 612. The normalized spacial score (nSPS) is 28.1. The van der Waals surface area contributed by atoms with Crippen LogP contribution in [0.1, 0.15) is 24.5 Å². The van der Waals surface area contributed by atoms with Gasteiger partial charge in [0.25, 0.3) is 0 Å². The van der Waals surface area contributed by atoms with Crippen molar-refractivity contribution in [1.29, 1.82) is 0 Å². The number of hydrogen-bond donors (Lipinski definition) is 1. The van der Waals surface area contributed by atoms with E-state index in [1.165, 1.54) is 11.1 Å². The number of hydrogen-bond acceptors (Lipinski definition) is 4. The summed E-state index contributed by atoms with van der Waals surface area (Å²) < 4.78 is 29.0. The second-order valence-corrected chi connectivity index (χ2v) is 8.48. The maximum absolute atomic E-state index is 11.6. The van der Waals surface area contributed by atoms with Gasteiger partial charge in [-0.25, -0.2) is 8.42 Å². The number of nitrogens with one attached hydrogen (secondary N) is 1. The lowest BCUT2D eigenvalue weighted by Crippen LogP contribution is -2.27. The lowest BCUT2D eigenvalue weighted by Gasteiger charge is -2.23. The monoisotopic (exact) mass is 295 g/mol. The van der Waals surface area contributed by atoms with Crippen molar-refractivity contribution in [3.63, 3.8) is 0 Å². The van der Waals surface area contributed by atoms with E-state index in [9.17, 15) is 8.42 Å². The van der Waals surface area contributed by atoms with Crippen molar-refractivity contribution in [3.05, 3.63) is 29.3 Å². The highest BCUT2D eigenvalue weighted by Gasteiger charge is 2.39. The predicted molar refractivity (Wildman–Crippen MR) is 78.7 cm³/mol. The van der Waals surface area contributed by atoms with E-state index in [0.717, 1.165) is 25.3 Å². The Labute approximate surface area is 120 Å². The van der Waals surface area contributed by atoms with Crippen molar-refractivity contribution in [2.45, 2.75) is 26.3 Å². The van der Waals surface area contributed by atoms with Gasteiger partial charge in [0.05, 0.1) is 18.1 Å². The van der Waals surface area contributed by atoms with Gasteiger partial charge in [-0.15, -0.1) is 0 Å². The minimum absolute atomic E-state index is 0.240. The molecule has 0 amide bonds. The highest BCUT2D eigenvalue weighted by atomic mass is 32.2. The van der Waals surface area contributed by atoms with Crippen LogP contribution in [0.2, 0.25) is 0 Å². The van der Waals surface area contributed by atoms with Crippen LogP contribution in [0.25, 0.3) is 0 Å². The molecule has 1 aromatic rings. The summed E-state index contributed by atoms with van der Waals surface area (Å²) in [6.45, 7) is 4.40. The van der Waals surface area contributed by atoms with Crippen molar-refractivity contribution in [2.75, 3.05) is 24.7 Å². The van der Waals surface area contributed by atoms with Crippen molar-refractivity contribution in [1.82, 2.24) is 5.32 Å². The van der Waals surface area contributed by atoms with Crippen molar-refractivity contribution in [3.8, 4) is 5.75 Å². The van der Waals surface area contributed by atoms with E-state index in [-0.39, 0.29) is 11.2 Å². The molecule has 2 aliphatic rings. The first-order valence-electron chi connectivity index (χ1n) is 7.12. The molecule has 1 unspecified atom stereocenters. The molecule has 0 radical (unpaired) electrons. The Morgan fingerprint density at radius 2 is 2.20 bits per heavy atom. The Hall–Kier alpha value is -1.07. The van der Waals surface area contributed by atoms with Crippen molar-refractivity contribution >= 4 is 9.84 Å². The first-order valence-corrected chi connectivity index (χ1v) is 8.94. The number of sulfone groups is 1. The highest BCUT2D eigenvalue weighted by Crippen LogP contribution is 2.32. The largest absolute Gasteiger partial charge is 0.493 e. The molecule has 0 bridgehead atoms. The summed E-state index contributed by atoms with van der Waals surface area (Å²) in [6.07, 6.45) is 1.72. The third-order valence-corrected chi connectivity index (χ3v) is 6.20. The molecule has 1 N–H and O–H groups in total. The zero-order valence-corrected chi connectivity index (χ0v) is 12.6. The number of fused-ring (bicyclic) bond motifs is 1. The average molecular weight is 295 g/mol. The highest BCUT2D eigenvalue weighted by molar-refractivity contribution is 7.91. The third kappa shape index (κ3) is 2.99. The molecule has 1 saturated heterocycles. The second-order valence-electron chi connectivity index (χ2n) is 6.30. The standard InChI is InChI=1S/C15H21NO3S/c1-15(5-7-20(17,18)11-15)10-19-14-3-2-13-9-16-6-4-12(13)8-14/h2-3,8,16H,4-7,9-11H2,1H3. The van der Waals surface area contributed by atoms with E-state index < -0.39 is 9.84 Å². The predicted octanol–water partition coefficient (Wildman–Crippen LogP) is 1.54. The number of rotatable bonds is 3. The quantitative estimate of drug-likeness (QED) is 0.919. The molecule has 1 aromatic carbocycles. The molecule has 1 fully saturated rings. The van der Waals surface area contributed by atoms with Gasteiger partial charge in [0.1, 0.15) is 5.75 Å². The first-order chi connectivity index (χ1) is 9.46. The molecule has 20 heavy (non-hydrogen) atoms. The molecule has 0 spiro atoms. The van der Waals surface area contributed by atoms with Crippen LogP contribution in [0.15, 0.2) is 18.2 Å². The van der Waals surface area contributed by atoms with E-state index >= 15 is 0 Å². The van der Waals surface area contributed by atoms with E-state index in [2.05, 4.69) is 17.4 Å². The van der Waals surface area contributed by atoms with Crippen LogP contribution < -0.4 is 10.1 Å². The Kier molecular flexibility index (Phi) is 3.50. The van der Waals surface area contributed by atoms with Crippen LogP contribution in [-0.4, -0.2) is 33.1 Å². The fourth-order valence-corrected chi connectivity index (χ4v) is 5.23. The van der Waals surface area contributed by atoms with Crippen LogP contribution in [0.4, 0.5) is 0 Å². The van der Waals surface area contributed by atoms with Gasteiger partial charge in [0, 0.05) is 12.0 Å². The van der Waals surface area contributed by atoms with Gasteiger partial charge in [-0.1, -0.05) is 13.0 Å². The van der Waals surface area contributed by atoms with E-state index in [0.29, 0.717) is 18.8 Å². The molecule has 3 rings (SSSR count). The lowest BCUT2D eigenvalue weighted by molar-refractivity contribution is 0.186. The van der Waals surface area contributed by atoms with Gasteiger partial charge < -0.3 is 10.1 Å². The van der Waals surface area contributed by atoms with Gasteiger partial charge in [-0.05, 0) is 42.6 Å². The maximum atomic E-state index is 11.6. The van der Waals surface area contributed by atoms with Crippen molar-refractivity contribution in [2.24, 2.45) is 5.41 Å². The van der Waals surface area contributed by atoms with Crippen LogP contribution in [0.5, 0.6) is 5.75 Å². The van der Waals surface area contributed by atoms with Crippen LogP contribution in [-0.2, 0) is 22.8 Å². The Balaban J connectivity index is 1.67. The molecule has 1 atom stereocenters. The molecule has 4 nitrogen and oxygen atoms in total. The summed E-state index contributed by atoms with van der Waals surface area (Å²) in [5.41, 5.74) is 2.43. The van der Waals surface area contributed by atoms with Crippen LogP contribution in [0, 0.1) is 5.41 Å². The van der Waals surface area contributed by atoms with Crippen molar-refractivity contribution < 1.29 is 13.2 Å². The molecule has 2 aliphatic heterocycles. The molecular formula is C15H21NO3S. The zero-order chi connectivity index (χ0) is 14.2. The fourth-order valence-electron chi connectivity index (χ4n) is 2.99. The lowest BCUT2D eigenvalue weighted by atomic mass is 9.91. The summed E-state index contributed by atoms with van der Waals surface area (Å²) in [5.74, 6) is 1.40. The van der Waals surface area contributed by atoms with Crippen LogP contribution in [0.3, 0.4) is 0 Å². The summed E-state index contributed by atoms with van der Waals surface area (Å²) in [6, 6.07) is 6.19. The van der Waals surface area contributed by atoms with E-state index in [1.807, 2.05) is 13.0 Å². The molecule has 5 heteroatoms. The third-order valence-electron chi connectivity index (χ3n) is 4.24. The van der Waals surface area contributed by atoms with Gasteiger partial charge >= 0.3 is 0 Å². The zero-order valence-electron chi connectivity index (χ0n) is 11.8. The first kappa shape index (κ1) is 13.9. The fraction of sp³-hybridized carbons (Fsp3) is 0.600. The number of ether oxygens (including phenoxy) is 1. The second kappa shape index (κ2) is 5.04. The van der Waals surface area contributed by atoms with Crippen LogP contribution >= 0.6 is 0 Å². The molecule has 110 valence electrons. The average Bonchev–Trinajstić information content (AvgIpc) is 2.71. The van der Waals surface area contributed by atoms with Gasteiger partial charge in [0.2, 0.25) is 0 Å². The minimum Gasteiger partial charge on any atom is -0.493 e. The van der Waals surface area contributed by atoms with E-state index in [1.54, 1.807) is 0 Å². The smallest absolute Gasteiger partial charge is 0.151 e. The van der Waals surface area contributed by atoms with Gasteiger partial charge in [-0.3, -0.25) is 0 Å². The van der Waals surface area contributed by atoms with Gasteiger partial charge in [0.15, 0.2) is 9.84 Å². The molecule has 0 saturated carbocycles. The SMILES string of the molecule is CC1(COc2ccc3c(c2)CCNC3)CCS(=O)(=O)C1. The summed E-state index contributed by atoms with van der Waals surface area (Å²) >= 11 is 0. The van der Waals surface area contributed by atoms with Gasteiger partial charge in [-0.2, -0.15) is 0 Å². The summed E-state index contributed by atoms with van der Waals surface area (Å²) in [7, 11) is -2.86. The summed E-state index contributed by atoms with van der Waals surface area (Å²) in [4.78, 5) is 0. The Morgan fingerprint density at radius 3 is 2.95 bits per heavy atom. The van der Waals surface area contributed by atoms with E-state index in [4.69, 9.17) is 4.74 Å². The minimum atomic E-state index is -2.86. The number of benzene rings is 1. The summed E-state index contributed by atoms with van der Waals surface area (Å²) in [5, 5.41) is 3.34. The molecular weight excluding hydrogens is 274 g/mol. The maximum Gasteiger partial charge on any atom is 0.151 e. The molecule has 0 aliphatic carbocycles. The Morgan fingerprint density at radius 1 is 1.35 bits per heavy atom. The molecule has 0 aromatic heterocycles. The topological polar surface area (TPSA) is 55.4 Å².